The monoisotopic (exact) mass is 398 g/mol. The Morgan fingerprint density at radius 1 is 1.31 bits per heavy atom. The fraction of sp³-hybridized carbons (Fsp3) is 0.350. The molecule has 1 N–H and O–H groups in total. The molecule has 29 heavy (non-hydrogen) atoms. The number of carbonyl (C=O) groups is 2. The summed E-state index contributed by atoms with van der Waals surface area (Å²) in [4.78, 5) is 44.5. The molecular formula is C20H22N4O5. The lowest BCUT2D eigenvalue weighted by Gasteiger charge is -2.24. The van der Waals surface area contributed by atoms with E-state index in [-0.39, 0.29) is 23.1 Å². The van der Waals surface area contributed by atoms with Crippen molar-refractivity contribution in [2.45, 2.75) is 46.3 Å². The Morgan fingerprint density at radius 3 is 2.48 bits per heavy atom. The van der Waals surface area contributed by atoms with Gasteiger partial charge in [-0.15, -0.1) is 6.42 Å². The van der Waals surface area contributed by atoms with Gasteiger partial charge in [-0.3, -0.25) is 4.79 Å². The molecule has 2 aromatic rings. The standard InChI is InChI=1S/C20H22N4O5/c1-7-14-17(24(18(26)27)19(28)29-20(4,5)6)21-10-15(22-14)13-8-9-16(25)23(11-13)12(2)3/h1,8-12H,2-6H3,(H,26,27). The smallest absolute Gasteiger partial charge is 0.425 e. The number of anilines is 1. The van der Waals surface area contributed by atoms with Crippen LogP contribution in [0.2, 0.25) is 0 Å². The van der Waals surface area contributed by atoms with Gasteiger partial charge in [-0.1, -0.05) is 0 Å². The second kappa shape index (κ2) is 8.14. The number of carbonyl (C=O) groups excluding carboxylic acids is 1. The maximum absolute atomic E-state index is 12.3. The van der Waals surface area contributed by atoms with E-state index in [0.29, 0.717) is 16.2 Å². The first-order chi connectivity index (χ1) is 13.4. The number of aromatic nitrogens is 3. The van der Waals surface area contributed by atoms with Crippen LogP contribution in [0, 0.1) is 12.3 Å². The molecule has 0 unspecified atom stereocenters. The van der Waals surface area contributed by atoms with E-state index in [9.17, 15) is 19.5 Å². The van der Waals surface area contributed by atoms with Crippen LogP contribution in [0.3, 0.4) is 0 Å². The number of carboxylic acid groups (broad SMARTS) is 1. The quantitative estimate of drug-likeness (QED) is 0.789. The number of amides is 2. The summed E-state index contributed by atoms with van der Waals surface area (Å²) in [6.45, 7) is 8.53. The van der Waals surface area contributed by atoms with Gasteiger partial charge in [0, 0.05) is 23.9 Å². The van der Waals surface area contributed by atoms with Gasteiger partial charge in [-0.05, 0) is 46.6 Å². The molecule has 0 aromatic carbocycles. The number of ether oxygens (including phenoxy) is 1. The van der Waals surface area contributed by atoms with Crippen molar-refractivity contribution in [3.63, 3.8) is 0 Å². The van der Waals surface area contributed by atoms with Gasteiger partial charge in [0.25, 0.3) is 5.56 Å². The van der Waals surface area contributed by atoms with Crippen LogP contribution in [0.5, 0.6) is 0 Å². The van der Waals surface area contributed by atoms with Crippen LogP contribution in [-0.4, -0.2) is 37.4 Å². The minimum atomic E-state index is -1.61. The number of hydrogen-bond donors (Lipinski definition) is 1. The van der Waals surface area contributed by atoms with Gasteiger partial charge in [0.2, 0.25) is 0 Å². The molecule has 2 heterocycles. The molecule has 0 spiro atoms. The van der Waals surface area contributed by atoms with Crippen molar-refractivity contribution in [3.8, 4) is 23.6 Å². The molecule has 0 aliphatic carbocycles. The highest BCUT2D eigenvalue weighted by Gasteiger charge is 2.32. The van der Waals surface area contributed by atoms with Crippen LogP contribution in [0.4, 0.5) is 15.4 Å². The fourth-order valence-electron chi connectivity index (χ4n) is 2.40. The number of pyridine rings is 1. The highest BCUT2D eigenvalue weighted by molar-refractivity contribution is 6.08. The van der Waals surface area contributed by atoms with Crippen molar-refractivity contribution in [3.05, 3.63) is 40.6 Å². The Labute approximate surface area is 168 Å². The fourth-order valence-corrected chi connectivity index (χ4v) is 2.40. The third-order valence-corrected chi connectivity index (χ3v) is 3.66. The molecule has 0 saturated carbocycles. The minimum Gasteiger partial charge on any atom is -0.464 e. The predicted octanol–water partition coefficient (Wildman–Crippen LogP) is 3.29. The number of rotatable bonds is 3. The molecule has 0 aliphatic rings. The molecule has 0 saturated heterocycles. The first-order valence-electron chi connectivity index (χ1n) is 8.77. The van der Waals surface area contributed by atoms with Crippen LogP contribution >= 0.6 is 0 Å². The Kier molecular flexibility index (Phi) is 6.07. The number of terminal acetylenes is 1. The van der Waals surface area contributed by atoms with Crippen LogP contribution in [0.15, 0.2) is 29.3 Å². The van der Waals surface area contributed by atoms with Gasteiger partial charge in [-0.25, -0.2) is 19.6 Å². The third-order valence-electron chi connectivity index (χ3n) is 3.66. The van der Waals surface area contributed by atoms with Crippen molar-refractivity contribution >= 4 is 18.0 Å². The summed E-state index contributed by atoms with van der Waals surface area (Å²) in [5, 5.41) is 9.48. The zero-order chi connectivity index (χ0) is 21.9. The van der Waals surface area contributed by atoms with Gasteiger partial charge in [0.05, 0.1) is 11.9 Å². The highest BCUT2D eigenvalue weighted by Crippen LogP contribution is 2.23. The van der Waals surface area contributed by atoms with Crippen molar-refractivity contribution in [1.82, 2.24) is 14.5 Å². The van der Waals surface area contributed by atoms with E-state index in [1.807, 2.05) is 13.8 Å². The minimum absolute atomic E-state index is 0.0727. The Morgan fingerprint density at radius 2 is 1.97 bits per heavy atom. The Hall–Kier alpha value is -3.67. The average molecular weight is 398 g/mol. The largest absolute Gasteiger partial charge is 0.464 e. The Bertz CT molecular complexity index is 1040. The molecule has 2 amide bonds. The van der Waals surface area contributed by atoms with E-state index in [1.54, 1.807) is 33.0 Å². The van der Waals surface area contributed by atoms with E-state index >= 15 is 0 Å². The molecule has 0 atom stereocenters. The van der Waals surface area contributed by atoms with Gasteiger partial charge in [-0.2, -0.15) is 4.90 Å². The molecule has 0 radical (unpaired) electrons. The van der Waals surface area contributed by atoms with E-state index in [1.165, 1.54) is 16.8 Å². The first kappa shape index (κ1) is 21.6. The second-order valence-electron chi connectivity index (χ2n) is 7.43. The van der Waals surface area contributed by atoms with Crippen LogP contribution in [0.1, 0.15) is 46.4 Å². The first-order valence-corrected chi connectivity index (χ1v) is 8.77. The lowest BCUT2D eigenvalue weighted by molar-refractivity contribution is 0.0580. The summed E-state index contributed by atoms with van der Waals surface area (Å²) in [5.41, 5.74) is -0.358. The SMILES string of the molecule is C#Cc1nc(-c2ccc(=O)n(C(C)C)c2)cnc1N(C(=O)O)C(=O)OC(C)(C)C. The summed E-state index contributed by atoms with van der Waals surface area (Å²) in [7, 11) is 0. The lowest BCUT2D eigenvalue weighted by atomic mass is 10.2. The summed E-state index contributed by atoms with van der Waals surface area (Å²) in [6, 6.07) is 2.88. The number of hydrogen-bond acceptors (Lipinski definition) is 6. The van der Waals surface area contributed by atoms with Gasteiger partial charge >= 0.3 is 12.2 Å². The van der Waals surface area contributed by atoms with Crippen LogP contribution in [0.25, 0.3) is 11.3 Å². The van der Waals surface area contributed by atoms with Gasteiger partial charge in [0.15, 0.2) is 11.5 Å². The van der Waals surface area contributed by atoms with Gasteiger partial charge < -0.3 is 14.4 Å². The second-order valence-corrected chi connectivity index (χ2v) is 7.43. The highest BCUT2D eigenvalue weighted by atomic mass is 16.6. The van der Waals surface area contributed by atoms with Crippen molar-refractivity contribution in [1.29, 1.82) is 0 Å². The zero-order valence-electron chi connectivity index (χ0n) is 16.8. The van der Waals surface area contributed by atoms with Crippen LogP contribution in [-0.2, 0) is 4.74 Å². The topological polar surface area (TPSA) is 115 Å². The van der Waals surface area contributed by atoms with E-state index < -0.39 is 17.8 Å². The van der Waals surface area contributed by atoms with E-state index in [2.05, 4.69) is 15.9 Å². The molecule has 9 nitrogen and oxygen atoms in total. The molecule has 9 heteroatoms. The number of nitrogens with zero attached hydrogens (tertiary/aromatic N) is 4. The van der Waals surface area contributed by atoms with Gasteiger partial charge in [0.1, 0.15) is 5.60 Å². The zero-order valence-corrected chi connectivity index (χ0v) is 16.8. The lowest BCUT2D eigenvalue weighted by Crippen LogP contribution is -2.41. The molecule has 0 fully saturated rings. The molecular weight excluding hydrogens is 376 g/mol. The molecule has 0 bridgehead atoms. The van der Waals surface area contributed by atoms with Crippen molar-refractivity contribution in [2.75, 3.05) is 4.90 Å². The maximum Gasteiger partial charge on any atom is 0.425 e. The normalized spacial score (nSPS) is 11.1. The van der Waals surface area contributed by atoms with Crippen molar-refractivity contribution < 1.29 is 19.4 Å². The summed E-state index contributed by atoms with van der Waals surface area (Å²) in [6.07, 6.45) is 5.63. The predicted molar refractivity (Wildman–Crippen MR) is 107 cm³/mol. The maximum atomic E-state index is 12.3. The molecule has 2 aromatic heterocycles. The average Bonchev–Trinajstić information content (AvgIpc) is 2.60. The molecule has 2 rings (SSSR count). The molecule has 0 aliphatic heterocycles. The van der Waals surface area contributed by atoms with E-state index in [0.717, 1.165) is 0 Å². The summed E-state index contributed by atoms with van der Waals surface area (Å²) < 4.78 is 6.64. The number of imide groups is 1. The summed E-state index contributed by atoms with van der Waals surface area (Å²) >= 11 is 0. The third kappa shape index (κ3) is 4.99. The Balaban J connectivity index is 2.54. The van der Waals surface area contributed by atoms with E-state index in [4.69, 9.17) is 11.2 Å². The van der Waals surface area contributed by atoms with Crippen molar-refractivity contribution in [2.24, 2.45) is 0 Å². The molecule has 152 valence electrons. The summed E-state index contributed by atoms with van der Waals surface area (Å²) in [5.74, 6) is 1.91. The van der Waals surface area contributed by atoms with Crippen LogP contribution < -0.4 is 10.5 Å².